The highest BCUT2D eigenvalue weighted by Crippen LogP contribution is 2.28. The first-order valence-corrected chi connectivity index (χ1v) is 8.44. The number of aromatic nitrogens is 1. The van der Waals surface area contributed by atoms with Crippen LogP contribution in [0.4, 0.5) is 10.1 Å². The van der Waals surface area contributed by atoms with Crippen LogP contribution in [0.15, 0.2) is 54.7 Å². The quantitative estimate of drug-likeness (QED) is 0.695. The highest BCUT2D eigenvalue weighted by Gasteiger charge is 2.26. The number of rotatable bonds is 4. The highest BCUT2D eigenvalue weighted by atomic mass is 19.1. The van der Waals surface area contributed by atoms with E-state index >= 15 is 0 Å². The Kier molecular flexibility index (Phi) is 4.64. The predicted molar refractivity (Wildman–Crippen MR) is 101 cm³/mol. The van der Waals surface area contributed by atoms with Crippen molar-refractivity contribution in [2.45, 2.75) is 27.3 Å². The van der Waals surface area contributed by atoms with Gasteiger partial charge in [-0.1, -0.05) is 51.1 Å². The minimum absolute atomic E-state index is 0.00767. The van der Waals surface area contributed by atoms with Crippen molar-refractivity contribution >= 4 is 28.3 Å². The first-order chi connectivity index (χ1) is 12.3. The van der Waals surface area contributed by atoms with Crippen molar-refractivity contribution in [2.75, 3.05) is 5.32 Å². The molecule has 2 aromatic carbocycles. The molecule has 0 aliphatic rings. The van der Waals surface area contributed by atoms with E-state index in [1.165, 1.54) is 12.1 Å². The average Bonchev–Trinajstić information content (AvgIpc) is 2.94. The number of nitrogens with one attached hydrogen (secondary N) is 1. The molecule has 0 aliphatic carbocycles. The van der Waals surface area contributed by atoms with Crippen molar-refractivity contribution in [2.24, 2.45) is 5.41 Å². The number of hydrogen-bond donors (Lipinski definition) is 1. The van der Waals surface area contributed by atoms with Crippen LogP contribution in [0.3, 0.4) is 0 Å². The van der Waals surface area contributed by atoms with E-state index in [1.54, 1.807) is 22.9 Å². The largest absolute Gasteiger partial charge is 0.337 e. The van der Waals surface area contributed by atoms with Crippen LogP contribution in [-0.4, -0.2) is 16.3 Å². The fourth-order valence-electron chi connectivity index (χ4n) is 2.87. The van der Waals surface area contributed by atoms with Crippen LogP contribution in [0, 0.1) is 11.2 Å². The van der Waals surface area contributed by atoms with Gasteiger partial charge in [-0.15, -0.1) is 0 Å². The third-order valence-corrected chi connectivity index (χ3v) is 4.18. The zero-order valence-corrected chi connectivity index (χ0v) is 15.0. The van der Waals surface area contributed by atoms with Crippen LogP contribution in [0.25, 0.3) is 10.9 Å². The predicted octanol–water partition coefficient (Wildman–Crippen LogP) is 4.65. The van der Waals surface area contributed by atoms with Crippen molar-refractivity contribution in [3.63, 3.8) is 0 Å². The van der Waals surface area contributed by atoms with E-state index in [0.717, 1.165) is 10.9 Å². The van der Waals surface area contributed by atoms with Crippen LogP contribution in [-0.2, 0) is 11.3 Å². The Morgan fingerprint density at radius 1 is 1.04 bits per heavy atom. The first-order valence-electron chi connectivity index (χ1n) is 8.44. The maximum Gasteiger partial charge on any atom is 0.244 e. The molecule has 3 aromatic rings. The molecule has 0 aliphatic heterocycles. The molecule has 0 spiro atoms. The Morgan fingerprint density at radius 3 is 2.38 bits per heavy atom. The Bertz CT molecular complexity index is 983. The monoisotopic (exact) mass is 352 g/mol. The molecule has 0 fully saturated rings. The lowest BCUT2D eigenvalue weighted by molar-refractivity contribution is -0.116. The van der Waals surface area contributed by atoms with Crippen LogP contribution >= 0.6 is 0 Å². The maximum absolute atomic E-state index is 13.7. The minimum Gasteiger partial charge on any atom is -0.337 e. The molecule has 5 heteroatoms. The lowest BCUT2D eigenvalue weighted by Gasteiger charge is -2.15. The van der Waals surface area contributed by atoms with Gasteiger partial charge in [-0.3, -0.25) is 9.59 Å². The number of nitrogens with zero attached hydrogens (tertiary/aromatic N) is 1. The van der Waals surface area contributed by atoms with Crippen LogP contribution in [0.1, 0.15) is 31.1 Å². The van der Waals surface area contributed by atoms with Gasteiger partial charge < -0.3 is 9.88 Å². The number of hydrogen-bond acceptors (Lipinski definition) is 2. The van der Waals surface area contributed by atoms with Crippen molar-refractivity contribution < 1.29 is 14.0 Å². The van der Waals surface area contributed by atoms with Crippen LogP contribution in [0.5, 0.6) is 0 Å². The standard InChI is InChI=1S/C21H21FN2O2/c1-21(2,3)20(26)15-12-24(18-11-7-4-8-14(15)18)13-19(25)23-17-10-6-5-9-16(17)22/h4-12H,13H2,1-3H3,(H,23,25). The molecule has 0 unspecified atom stereocenters. The molecule has 0 bridgehead atoms. The summed E-state index contributed by atoms with van der Waals surface area (Å²) in [4.78, 5) is 25.1. The second kappa shape index (κ2) is 6.75. The third-order valence-electron chi connectivity index (χ3n) is 4.18. The number of Topliss-reactive ketones (excluding diaryl/α,β-unsaturated/α-hetero) is 1. The second-order valence-electron chi connectivity index (χ2n) is 7.29. The highest BCUT2D eigenvalue weighted by molar-refractivity contribution is 6.10. The maximum atomic E-state index is 13.7. The normalized spacial score (nSPS) is 11.5. The number of amides is 1. The first kappa shape index (κ1) is 17.9. The van der Waals surface area contributed by atoms with E-state index in [0.29, 0.717) is 5.56 Å². The summed E-state index contributed by atoms with van der Waals surface area (Å²) in [5, 5.41) is 3.38. The summed E-state index contributed by atoms with van der Waals surface area (Å²) in [5.41, 5.74) is 1.00. The number of ketones is 1. The zero-order valence-electron chi connectivity index (χ0n) is 15.0. The molecule has 0 saturated carbocycles. The van der Waals surface area contributed by atoms with E-state index in [-0.39, 0.29) is 23.9 Å². The molecule has 4 nitrogen and oxygen atoms in total. The molecule has 0 saturated heterocycles. The molecule has 0 radical (unpaired) electrons. The van der Waals surface area contributed by atoms with E-state index in [2.05, 4.69) is 5.32 Å². The molecular weight excluding hydrogens is 331 g/mol. The fourth-order valence-corrected chi connectivity index (χ4v) is 2.87. The second-order valence-corrected chi connectivity index (χ2v) is 7.29. The van der Waals surface area contributed by atoms with E-state index < -0.39 is 11.2 Å². The smallest absolute Gasteiger partial charge is 0.244 e. The van der Waals surface area contributed by atoms with Gasteiger partial charge in [-0.25, -0.2) is 4.39 Å². The Labute approximate surface area is 151 Å². The fraction of sp³-hybridized carbons (Fsp3) is 0.238. The van der Waals surface area contributed by atoms with Gasteiger partial charge in [0.2, 0.25) is 5.91 Å². The van der Waals surface area contributed by atoms with Crippen molar-refractivity contribution in [3.8, 4) is 0 Å². The number of carbonyl (C=O) groups is 2. The zero-order chi connectivity index (χ0) is 18.9. The van der Waals surface area contributed by atoms with E-state index in [9.17, 15) is 14.0 Å². The summed E-state index contributed by atoms with van der Waals surface area (Å²) in [7, 11) is 0. The summed E-state index contributed by atoms with van der Waals surface area (Å²) in [5.74, 6) is -0.825. The molecule has 134 valence electrons. The van der Waals surface area contributed by atoms with Crippen LogP contribution < -0.4 is 5.32 Å². The van der Waals surface area contributed by atoms with Gasteiger partial charge in [0, 0.05) is 28.1 Å². The number of carbonyl (C=O) groups excluding carboxylic acids is 2. The topological polar surface area (TPSA) is 51.1 Å². The molecule has 0 atom stereocenters. The van der Waals surface area contributed by atoms with Crippen molar-refractivity contribution in [1.29, 1.82) is 0 Å². The lowest BCUT2D eigenvalue weighted by Crippen LogP contribution is -2.20. The average molecular weight is 352 g/mol. The third kappa shape index (κ3) is 3.52. The molecule has 1 amide bonds. The Hall–Kier alpha value is -2.95. The number of para-hydroxylation sites is 2. The van der Waals surface area contributed by atoms with Gasteiger partial charge >= 0.3 is 0 Å². The molecule has 26 heavy (non-hydrogen) atoms. The summed E-state index contributed by atoms with van der Waals surface area (Å²) in [6.07, 6.45) is 1.71. The molecular formula is C21H21FN2O2. The van der Waals surface area contributed by atoms with Crippen molar-refractivity contribution in [3.05, 3.63) is 66.1 Å². The number of halogens is 1. The van der Waals surface area contributed by atoms with Crippen molar-refractivity contribution in [1.82, 2.24) is 4.57 Å². The molecule has 1 aromatic heterocycles. The molecule has 1 heterocycles. The summed E-state index contributed by atoms with van der Waals surface area (Å²) in [6.45, 7) is 5.59. The minimum atomic E-state index is -0.523. The van der Waals surface area contributed by atoms with Gasteiger partial charge in [0.15, 0.2) is 5.78 Å². The van der Waals surface area contributed by atoms with Gasteiger partial charge in [0.25, 0.3) is 0 Å². The van der Waals surface area contributed by atoms with Gasteiger partial charge in [0.05, 0.1) is 5.69 Å². The summed E-state index contributed by atoms with van der Waals surface area (Å²) < 4.78 is 15.4. The molecule has 3 rings (SSSR count). The Balaban J connectivity index is 1.92. The van der Waals surface area contributed by atoms with E-state index in [1.807, 2.05) is 45.0 Å². The SMILES string of the molecule is CC(C)(C)C(=O)c1cn(CC(=O)Nc2ccccc2F)c2ccccc12. The number of anilines is 1. The van der Waals surface area contributed by atoms with Gasteiger partial charge in [-0.05, 0) is 18.2 Å². The number of benzene rings is 2. The summed E-state index contributed by atoms with van der Waals surface area (Å²) >= 11 is 0. The van der Waals surface area contributed by atoms with Gasteiger partial charge in [-0.2, -0.15) is 0 Å². The van der Waals surface area contributed by atoms with Gasteiger partial charge in [0.1, 0.15) is 12.4 Å². The Morgan fingerprint density at radius 2 is 1.69 bits per heavy atom. The summed E-state index contributed by atoms with van der Waals surface area (Å²) in [6, 6.07) is 13.5. The van der Waals surface area contributed by atoms with E-state index in [4.69, 9.17) is 0 Å². The number of fused-ring (bicyclic) bond motifs is 1. The lowest BCUT2D eigenvalue weighted by atomic mass is 9.86. The van der Waals surface area contributed by atoms with Crippen LogP contribution in [0.2, 0.25) is 0 Å². The molecule has 1 N–H and O–H groups in total.